The maximum atomic E-state index is 11.9. The second-order valence-electron chi connectivity index (χ2n) is 8.27. The van der Waals surface area contributed by atoms with Gasteiger partial charge >= 0.3 is 11.9 Å². The van der Waals surface area contributed by atoms with Crippen LogP contribution in [0.2, 0.25) is 0 Å². The maximum absolute atomic E-state index is 11.9. The fraction of sp³-hybridized carbons (Fsp3) is 0.696. The first-order valence-corrected chi connectivity index (χ1v) is 11.4. The topological polar surface area (TPSA) is 126 Å². The van der Waals surface area contributed by atoms with Crippen LogP contribution >= 0.6 is 0 Å². The molecule has 1 aliphatic carbocycles. The van der Waals surface area contributed by atoms with Crippen LogP contribution in [0, 0.1) is 17.8 Å². The molecular weight excluding hydrogens is 412 g/mol. The van der Waals surface area contributed by atoms with Crippen molar-refractivity contribution in [3.8, 4) is 11.8 Å². The highest BCUT2D eigenvalue weighted by molar-refractivity contribution is 5.92. The van der Waals surface area contributed by atoms with Crippen LogP contribution in [0.1, 0.15) is 101 Å². The third-order valence-corrected chi connectivity index (χ3v) is 5.51. The zero-order chi connectivity index (χ0) is 23.5. The summed E-state index contributed by atoms with van der Waals surface area (Å²) < 4.78 is 12.2. The molecule has 0 aromatic carbocycles. The minimum Gasteiger partial charge on any atom is -0.466 e. The normalized spacial score (nSPS) is 19.8. The minimum absolute atomic E-state index is 0.00505. The molecule has 9 nitrogen and oxygen atoms in total. The molecule has 1 fully saturated rings. The summed E-state index contributed by atoms with van der Waals surface area (Å²) >= 11 is 0. The Bertz CT molecular complexity index is 854. The first kappa shape index (κ1) is 25.4. The first-order valence-electron chi connectivity index (χ1n) is 11.4. The van der Waals surface area contributed by atoms with Gasteiger partial charge in [0.15, 0.2) is 5.69 Å². The van der Waals surface area contributed by atoms with Gasteiger partial charge in [-0.15, -0.1) is 5.10 Å². The molecule has 9 heteroatoms. The molecule has 176 valence electrons. The Morgan fingerprint density at radius 1 is 1.09 bits per heavy atom. The molecule has 2 N–H and O–H groups in total. The molecule has 32 heavy (non-hydrogen) atoms. The van der Waals surface area contributed by atoms with Crippen molar-refractivity contribution in [1.29, 1.82) is 0 Å². The van der Waals surface area contributed by atoms with Gasteiger partial charge in [-0.2, -0.15) is 0 Å². The average Bonchev–Trinajstić information content (AvgIpc) is 3.31. The van der Waals surface area contributed by atoms with Gasteiger partial charge in [-0.1, -0.05) is 50.2 Å². The predicted molar refractivity (Wildman–Crippen MR) is 117 cm³/mol. The molecule has 0 bridgehead atoms. The molecule has 1 aromatic heterocycles. The van der Waals surface area contributed by atoms with Crippen molar-refractivity contribution < 1.29 is 23.9 Å². The maximum Gasteiger partial charge on any atom is 0.302 e. The van der Waals surface area contributed by atoms with Crippen molar-refractivity contribution in [3.05, 3.63) is 11.4 Å². The van der Waals surface area contributed by atoms with Crippen molar-refractivity contribution in [3.63, 3.8) is 0 Å². The smallest absolute Gasteiger partial charge is 0.302 e. The zero-order valence-corrected chi connectivity index (χ0v) is 19.3. The molecule has 1 aliphatic rings. The second-order valence-corrected chi connectivity index (χ2v) is 8.27. The van der Waals surface area contributed by atoms with Crippen LogP contribution < -0.4 is 5.73 Å². The Morgan fingerprint density at radius 2 is 1.81 bits per heavy atom. The molecule has 2 rings (SSSR count). The van der Waals surface area contributed by atoms with E-state index in [9.17, 15) is 14.4 Å². The van der Waals surface area contributed by atoms with Crippen molar-refractivity contribution in [2.75, 3.05) is 6.61 Å². The van der Waals surface area contributed by atoms with E-state index in [4.69, 9.17) is 15.2 Å². The summed E-state index contributed by atoms with van der Waals surface area (Å²) in [5.74, 6) is 4.62. The van der Waals surface area contributed by atoms with E-state index in [1.807, 2.05) is 0 Å². The van der Waals surface area contributed by atoms with E-state index in [1.54, 1.807) is 0 Å². The van der Waals surface area contributed by atoms with Gasteiger partial charge in [0.25, 0.3) is 5.91 Å². The van der Waals surface area contributed by atoms with Gasteiger partial charge in [0.2, 0.25) is 0 Å². The number of rotatable bonds is 11. The number of primary amides is 1. The number of carbonyl (C=O) groups is 3. The fourth-order valence-electron chi connectivity index (χ4n) is 3.99. The Hall–Kier alpha value is -2.89. The molecule has 0 unspecified atom stereocenters. The number of carbonyl (C=O) groups excluding carboxylic acids is 3. The third kappa shape index (κ3) is 7.66. The quantitative estimate of drug-likeness (QED) is 0.314. The van der Waals surface area contributed by atoms with Gasteiger partial charge in [0.05, 0.1) is 12.6 Å². The number of aromatic nitrogens is 3. The summed E-state index contributed by atoms with van der Waals surface area (Å²) in [6.07, 6.45) is 8.24. The number of nitrogens with two attached hydrogens (primary N) is 1. The minimum atomic E-state index is -0.710. The molecule has 0 radical (unpaired) electrons. The SMILES string of the molecule is CCCCCCCCC#Cc1c(C(N)=O)nnn1[C@H]1C[C@@H](COC(C)=O)C[C@@H]1OC(C)=O. The van der Waals surface area contributed by atoms with Crippen LogP contribution in [0.25, 0.3) is 0 Å². The van der Waals surface area contributed by atoms with Crippen molar-refractivity contribution in [2.45, 2.75) is 90.7 Å². The van der Waals surface area contributed by atoms with Crippen molar-refractivity contribution >= 4 is 17.8 Å². The van der Waals surface area contributed by atoms with Crippen LogP contribution in [0.5, 0.6) is 0 Å². The van der Waals surface area contributed by atoms with E-state index in [0.29, 0.717) is 25.0 Å². The van der Waals surface area contributed by atoms with Gasteiger partial charge in [0.1, 0.15) is 11.8 Å². The lowest BCUT2D eigenvalue weighted by atomic mass is 10.1. The summed E-state index contributed by atoms with van der Waals surface area (Å²) in [5, 5.41) is 8.05. The number of amides is 1. The highest BCUT2D eigenvalue weighted by Gasteiger charge is 2.40. The summed E-state index contributed by atoms with van der Waals surface area (Å²) in [6.45, 7) is 5.10. The largest absolute Gasteiger partial charge is 0.466 e. The molecule has 0 saturated heterocycles. The van der Waals surface area contributed by atoms with Crippen molar-refractivity contribution in [1.82, 2.24) is 15.0 Å². The fourth-order valence-corrected chi connectivity index (χ4v) is 3.99. The highest BCUT2D eigenvalue weighted by Crippen LogP contribution is 2.37. The lowest BCUT2D eigenvalue weighted by Gasteiger charge is -2.19. The standard InChI is InChI=1S/C23H34N4O5/c1-4-5-6-7-8-9-10-11-12-19-22(23(24)30)25-26-27(19)20-13-18(15-31-16(2)28)14-21(20)32-17(3)29/h18,20-21H,4-10,13-15H2,1-3H3,(H2,24,30)/t18-,20+,21+/m1/s1. The molecule has 1 amide bonds. The second kappa shape index (κ2) is 12.8. The number of hydrogen-bond donors (Lipinski definition) is 1. The van der Waals surface area contributed by atoms with E-state index in [0.717, 1.165) is 12.8 Å². The Morgan fingerprint density at radius 3 is 2.47 bits per heavy atom. The van der Waals surface area contributed by atoms with E-state index in [2.05, 4.69) is 29.1 Å². The Balaban J connectivity index is 2.16. The number of unbranched alkanes of at least 4 members (excludes halogenated alkanes) is 6. The van der Waals surface area contributed by atoms with Gasteiger partial charge < -0.3 is 15.2 Å². The highest BCUT2D eigenvalue weighted by atomic mass is 16.5. The van der Waals surface area contributed by atoms with E-state index in [-0.39, 0.29) is 30.2 Å². The van der Waals surface area contributed by atoms with E-state index in [1.165, 1.54) is 44.2 Å². The lowest BCUT2D eigenvalue weighted by Crippen LogP contribution is -2.26. The number of esters is 2. The molecule has 3 atom stereocenters. The molecule has 0 aliphatic heterocycles. The summed E-state index contributed by atoms with van der Waals surface area (Å²) in [7, 11) is 0. The predicted octanol–water partition coefficient (Wildman–Crippen LogP) is 2.93. The molecule has 0 spiro atoms. The van der Waals surface area contributed by atoms with Crippen LogP contribution in [-0.4, -0.2) is 45.6 Å². The number of ether oxygens (including phenoxy) is 2. The first-order chi connectivity index (χ1) is 15.3. The molecule has 1 heterocycles. The van der Waals surface area contributed by atoms with Crippen molar-refractivity contribution in [2.24, 2.45) is 11.7 Å². The van der Waals surface area contributed by atoms with Gasteiger partial charge in [-0.25, -0.2) is 4.68 Å². The number of nitrogens with zero attached hydrogens (tertiary/aromatic N) is 3. The van der Waals surface area contributed by atoms with E-state index >= 15 is 0 Å². The Kier molecular flexibility index (Phi) is 10.2. The van der Waals surface area contributed by atoms with E-state index < -0.39 is 18.0 Å². The average molecular weight is 447 g/mol. The molecule has 1 saturated carbocycles. The van der Waals surface area contributed by atoms with Crippen LogP contribution in [0.3, 0.4) is 0 Å². The number of hydrogen-bond acceptors (Lipinski definition) is 7. The van der Waals surface area contributed by atoms with Crippen LogP contribution in [0.4, 0.5) is 0 Å². The lowest BCUT2D eigenvalue weighted by molar-refractivity contribution is -0.148. The van der Waals surface area contributed by atoms with Crippen LogP contribution in [0.15, 0.2) is 0 Å². The molecular formula is C23H34N4O5. The van der Waals surface area contributed by atoms with Crippen LogP contribution in [-0.2, 0) is 19.1 Å². The van der Waals surface area contributed by atoms with Gasteiger partial charge in [-0.05, 0) is 31.1 Å². The summed E-state index contributed by atoms with van der Waals surface area (Å²) in [6, 6.07) is -0.376. The summed E-state index contributed by atoms with van der Waals surface area (Å²) in [4.78, 5) is 34.7. The Labute approximate surface area is 189 Å². The van der Waals surface area contributed by atoms with Gasteiger partial charge in [-0.3, -0.25) is 14.4 Å². The summed E-state index contributed by atoms with van der Waals surface area (Å²) in [5.41, 5.74) is 5.82. The third-order valence-electron chi connectivity index (χ3n) is 5.51. The zero-order valence-electron chi connectivity index (χ0n) is 19.3. The molecule has 1 aromatic rings. The monoisotopic (exact) mass is 446 g/mol. The van der Waals surface area contributed by atoms with Gasteiger partial charge in [0, 0.05) is 20.3 Å².